The lowest BCUT2D eigenvalue weighted by Crippen LogP contribution is -2.11. The number of ether oxygens (including phenoxy) is 3. The molecule has 2 aromatic carbocycles. The number of anilines is 1. The molecule has 7 nitrogen and oxygen atoms in total. The average Bonchev–Trinajstić information content (AvgIpc) is 2.72. The molecule has 0 radical (unpaired) electrons. The first-order valence-electron chi connectivity index (χ1n) is 8.21. The normalized spacial score (nSPS) is 10.0. The Morgan fingerprint density at radius 2 is 1.37 bits per heavy atom. The maximum Gasteiger partial charge on any atom is 0.337 e. The van der Waals surface area contributed by atoms with Crippen LogP contribution in [-0.2, 0) is 9.47 Å². The number of rotatable bonds is 8. The highest BCUT2D eigenvalue weighted by atomic mass is 16.5. The van der Waals surface area contributed by atoms with E-state index in [1.165, 1.54) is 20.3 Å². The van der Waals surface area contributed by atoms with Gasteiger partial charge in [-0.05, 0) is 42.5 Å². The SMILES string of the molecule is COC(=O)c1cc(NCCC(=O)c2ccc(OC)cc2)cc(C(=O)OC)c1. The third kappa shape index (κ3) is 5.31. The number of ketones is 1. The van der Waals surface area contributed by atoms with E-state index < -0.39 is 11.9 Å². The Hall–Kier alpha value is -3.35. The molecule has 0 aliphatic heterocycles. The summed E-state index contributed by atoms with van der Waals surface area (Å²) in [6, 6.07) is 11.4. The van der Waals surface area contributed by atoms with Crippen molar-refractivity contribution in [3.05, 3.63) is 59.2 Å². The van der Waals surface area contributed by atoms with Crippen molar-refractivity contribution in [2.75, 3.05) is 33.2 Å². The molecule has 0 atom stereocenters. The number of hydrogen-bond donors (Lipinski definition) is 1. The fraction of sp³-hybridized carbons (Fsp3) is 0.250. The van der Waals surface area contributed by atoms with Crippen LogP contribution in [0.1, 0.15) is 37.5 Å². The minimum Gasteiger partial charge on any atom is -0.497 e. The number of nitrogens with one attached hydrogen (secondary N) is 1. The number of carbonyl (C=O) groups is 3. The lowest BCUT2D eigenvalue weighted by Gasteiger charge is -2.10. The Labute approximate surface area is 157 Å². The molecule has 142 valence electrons. The highest BCUT2D eigenvalue weighted by molar-refractivity contribution is 5.97. The lowest BCUT2D eigenvalue weighted by molar-refractivity contribution is 0.0599. The topological polar surface area (TPSA) is 90.9 Å². The largest absolute Gasteiger partial charge is 0.497 e. The van der Waals surface area contributed by atoms with Gasteiger partial charge in [-0.15, -0.1) is 0 Å². The van der Waals surface area contributed by atoms with Crippen molar-refractivity contribution >= 4 is 23.4 Å². The molecule has 0 aliphatic rings. The van der Waals surface area contributed by atoms with Crippen LogP contribution >= 0.6 is 0 Å². The van der Waals surface area contributed by atoms with E-state index in [1.807, 2.05) is 0 Å². The maximum atomic E-state index is 12.2. The van der Waals surface area contributed by atoms with Gasteiger partial charge < -0.3 is 19.5 Å². The van der Waals surface area contributed by atoms with Gasteiger partial charge in [0.2, 0.25) is 0 Å². The fourth-order valence-corrected chi connectivity index (χ4v) is 2.44. The quantitative estimate of drug-likeness (QED) is 0.563. The van der Waals surface area contributed by atoms with Crippen molar-refractivity contribution in [3.8, 4) is 5.75 Å². The van der Waals surface area contributed by atoms with Gasteiger partial charge in [0.15, 0.2) is 5.78 Å². The highest BCUT2D eigenvalue weighted by Crippen LogP contribution is 2.18. The van der Waals surface area contributed by atoms with Crippen molar-refractivity contribution < 1.29 is 28.6 Å². The molecule has 0 spiro atoms. The Morgan fingerprint density at radius 1 is 0.815 bits per heavy atom. The standard InChI is InChI=1S/C20H21NO6/c1-25-17-6-4-13(5-7-17)18(22)8-9-21-16-11-14(19(23)26-2)10-15(12-16)20(24)27-3/h4-7,10-12,21H,8-9H2,1-3H3. The van der Waals surface area contributed by atoms with Crippen molar-refractivity contribution in [1.29, 1.82) is 0 Å². The summed E-state index contributed by atoms with van der Waals surface area (Å²) in [5.41, 5.74) is 1.52. The molecule has 0 amide bonds. The van der Waals surface area contributed by atoms with Gasteiger partial charge in [-0.3, -0.25) is 4.79 Å². The van der Waals surface area contributed by atoms with E-state index in [9.17, 15) is 14.4 Å². The highest BCUT2D eigenvalue weighted by Gasteiger charge is 2.14. The van der Waals surface area contributed by atoms with Gasteiger partial charge in [0.05, 0.1) is 32.5 Å². The van der Waals surface area contributed by atoms with Crippen LogP contribution in [0.2, 0.25) is 0 Å². The Kier molecular flexibility index (Phi) is 6.93. The first kappa shape index (κ1) is 20.0. The molecule has 2 aromatic rings. The first-order valence-corrected chi connectivity index (χ1v) is 8.21. The van der Waals surface area contributed by atoms with Crippen LogP contribution in [0.3, 0.4) is 0 Å². The molecule has 0 saturated carbocycles. The van der Waals surface area contributed by atoms with Gasteiger partial charge in [0.25, 0.3) is 0 Å². The van der Waals surface area contributed by atoms with Crippen molar-refractivity contribution in [1.82, 2.24) is 0 Å². The van der Waals surface area contributed by atoms with E-state index >= 15 is 0 Å². The van der Waals surface area contributed by atoms with Crippen LogP contribution in [-0.4, -0.2) is 45.6 Å². The molecular formula is C20H21NO6. The minimum atomic E-state index is -0.571. The summed E-state index contributed by atoms with van der Waals surface area (Å²) in [5.74, 6) is -0.502. The zero-order valence-electron chi connectivity index (χ0n) is 15.4. The number of benzene rings is 2. The second kappa shape index (κ2) is 9.38. The third-order valence-corrected chi connectivity index (χ3v) is 3.87. The molecule has 27 heavy (non-hydrogen) atoms. The Balaban J connectivity index is 2.06. The predicted molar refractivity (Wildman–Crippen MR) is 99.6 cm³/mol. The molecule has 2 rings (SSSR count). The van der Waals surface area contributed by atoms with Crippen LogP contribution in [0.5, 0.6) is 5.75 Å². The van der Waals surface area contributed by atoms with Crippen molar-refractivity contribution in [2.24, 2.45) is 0 Å². The van der Waals surface area contributed by atoms with E-state index in [1.54, 1.807) is 43.5 Å². The minimum absolute atomic E-state index is 0.0394. The van der Waals surface area contributed by atoms with Gasteiger partial charge in [0.1, 0.15) is 5.75 Å². The molecule has 0 aromatic heterocycles. The Bertz CT molecular complexity index is 795. The van der Waals surface area contributed by atoms with Gasteiger partial charge in [-0.25, -0.2) is 9.59 Å². The monoisotopic (exact) mass is 371 g/mol. The van der Waals surface area contributed by atoms with Crippen molar-refractivity contribution in [3.63, 3.8) is 0 Å². The molecule has 0 heterocycles. The van der Waals surface area contributed by atoms with Gasteiger partial charge in [-0.1, -0.05) is 0 Å². The molecule has 0 fully saturated rings. The maximum absolute atomic E-state index is 12.2. The summed E-state index contributed by atoms with van der Waals surface area (Å²) in [6.45, 7) is 0.329. The second-order valence-electron chi connectivity index (χ2n) is 5.61. The summed E-state index contributed by atoms with van der Waals surface area (Å²) < 4.78 is 14.5. The van der Waals surface area contributed by atoms with Crippen LogP contribution in [0.4, 0.5) is 5.69 Å². The number of methoxy groups -OCH3 is 3. The number of Topliss-reactive ketones (excluding diaryl/α,β-unsaturated/α-hetero) is 1. The molecule has 0 saturated heterocycles. The number of esters is 2. The molecule has 7 heteroatoms. The smallest absolute Gasteiger partial charge is 0.337 e. The lowest BCUT2D eigenvalue weighted by atomic mass is 10.1. The van der Waals surface area contributed by atoms with Gasteiger partial charge >= 0.3 is 11.9 Å². The van der Waals surface area contributed by atoms with E-state index in [4.69, 9.17) is 14.2 Å². The average molecular weight is 371 g/mol. The fourth-order valence-electron chi connectivity index (χ4n) is 2.44. The molecule has 1 N–H and O–H groups in total. The summed E-state index contributed by atoms with van der Waals surface area (Å²) in [6.07, 6.45) is 0.238. The van der Waals surface area contributed by atoms with E-state index in [2.05, 4.69) is 5.32 Å². The predicted octanol–water partition coefficient (Wildman–Crippen LogP) is 2.95. The van der Waals surface area contributed by atoms with Crippen molar-refractivity contribution in [2.45, 2.75) is 6.42 Å². The zero-order valence-corrected chi connectivity index (χ0v) is 15.4. The summed E-state index contributed by atoms with van der Waals surface area (Å²) in [7, 11) is 4.08. The summed E-state index contributed by atoms with van der Waals surface area (Å²) in [4.78, 5) is 35.8. The summed E-state index contributed by atoms with van der Waals surface area (Å²) in [5, 5.41) is 3.05. The zero-order chi connectivity index (χ0) is 19.8. The number of carbonyl (C=O) groups excluding carboxylic acids is 3. The molecule has 0 unspecified atom stereocenters. The van der Waals surface area contributed by atoms with E-state index in [-0.39, 0.29) is 23.3 Å². The number of hydrogen-bond acceptors (Lipinski definition) is 7. The van der Waals surface area contributed by atoms with Crippen LogP contribution < -0.4 is 10.1 Å². The van der Waals surface area contributed by atoms with Gasteiger partial charge in [-0.2, -0.15) is 0 Å². The Morgan fingerprint density at radius 3 is 1.85 bits per heavy atom. The molecule has 0 bridgehead atoms. The molecule has 0 aliphatic carbocycles. The summed E-state index contributed by atoms with van der Waals surface area (Å²) >= 11 is 0. The van der Waals surface area contributed by atoms with Gasteiger partial charge in [0, 0.05) is 24.2 Å². The third-order valence-electron chi connectivity index (χ3n) is 3.87. The van der Waals surface area contributed by atoms with Crippen LogP contribution in [0, 0.1) is 0 Å². The second-order valence-corrected chi connectivity index (χ2v) is 5.61. The first-order chi connectivity index (χ1) is 13.0. The van der Waals surface area contributed by atoms with Crippen LogP contribution in [0.15, 0.2) is 42.5 Å². The van der Waals surface area contributed by atoms with Crippen LogP contribution in [0.25, 0.3) is 0 Å². The van der Waals surface area contributed by atoms with E-state index in [0.717, 1.165) is 0 Å². The molecular weight excluding hydrogens is 350 g/mol. The van der Waals surface area contributed by atoms with E-state index in [0.29, 0.717) is 23.5 Å².